The molecule has 0 aromatic heterocycles. The predicted molar refractivity (Wildman–Crippen MR) is 76.0 cm³/mol. The van der Waals surface area contributed by atoms with Crippen LogP contribution >= 0.6 is 15.9 Å². The molecule has 0 saturated heterocycles. The maximum atomic E-state index is 11.8. The van der Waals surface area contributed by atoms with Crippen LogP contribution in [-0.4, -0.2) is 17.1 Å². The molecule has 2 rings (SSSR count). The molecule has 0 heterocycles. The Morgan fingerprint density at radius 2 is 1.47 bits per heavy atom. The van der Waals surface area contributed by atoms with Crippen molar-refractivity contribution < 1.29 is 14.3 Å². The number of para-hydroxylation sites is 1. The van der Waals surface area contributed by atoms with Crippen molar-refractivity contribution in [2.24, 2.45) is 0 Å². The summed E-state index contributed by atoms with van der Waals surface area (Å²) >= 11 is 3.10. The number of ether oxygens (including phenoxy) is 1. The van der Waals surface area contributed by atoms with Gasteiger partial charge in [-0.15, -0.1) is 0 Å². The average molecular weight is 319 g/mol. The van der Waals surface area contributed by atoms with Crippen LogP contribution < -0.4 is 4.74 Å². The van der Waals surface area contributed by atoms with E-state index in [-0.39, 0.29) is 11.1 Å². The van der Waals surface area contributed by atoms with Crippen LogP contribution in [-0.2, 0) is 0 Å². The zero-order valence-corrected chi connectivity index (χ0v) is 11.6. The zero-order valence-electron chi connectivity index (χ0n) is 10.0. The number of esters is 1. The third-order valence-electron chi connectivity index (χ3n) is 2.52. The molecule has 19 heavy (non-hydrogen) atoms. The Balaban J connectivity index is 2.10. The van der Waals surface area contributed by atoms with Crippen LogP contribution in [0, 0.1) is 0 Å². The lowest BCUT2D eigenvalue weighted by molar-refractivity contribution is 0.0734. The van der Waals surface area contributed by atoms with Crippen LogP contribution in [0.1, 0.15) is 20.7 Å². The second kappa shape index (κ2) is 6.29. The summed E-state index contributed by atoms with van der Waals surface area (Å²) in [5.41, 5.74) is 0.975. The zero-order chi connectivity index (χ0) is 13.7. The molecule has 0 unspecified atom stereocenters. The van der Waals surface area contributed by atoms with Gasteiger partial charge in [-0.2, -0.15) is 0 Å². The van der Waals surface area contributed by atoms with E-state index in [1.165, 1.54) is 0 Å². The van der Waals surface area contributed by atoms with Crippen molar-refractivity contribution in [3.8, 4) is 5.75 Å². The van der Waals surface area contributed by atoms with Crippen LogP contribution in [0.25, 0.3) is 0 Å². The molecule has 4 heteroatoms. The lowest BCUT2D eigenvalue weighted by Gasteiger charge is -2.04. The maximum absolute atomic E-state index is 11.8. The number of Topliss-reactive ketones (excluding diaryl/α,β-unsaturated/α-hetero) is 1. The largest absolute Gasteiger partial charge is 0.423 e. The summed E-state index contributed by atoms with van der Waals surface area (Å²) in [6.07, 6.45) is 0. The van der Waals surface area contributed by atoms with Gasteiger partial charge in [0, 0.05) is 5.56 Å². The van der Waals surface area contributed by atoms with Gasteiger partial charge in [0.2, 0.25) is 0 Å². The highest BCUT2D eigenvalue weighted by molar-refractivity contribution is 9.09. The van der Waals surface area contributed by atoms with Crippen molar-refractivity contribution in [1.82, 2.24) is 0 Å². The number of rotatable bonds is 4. The van der Waals surface area contributed by atoms with E-state index in [0.717, 1.165) is 0 Å². The fraction of sp³-hybridized carbons (Fsp3) is 0.0667. The van der Waals surface area contributed by atoms with Crippen molar-refractivity contribution in [3.05, 3.63) is 65.7 Å². The fourth-order valence-electron chi connectivity index (χ4n) is 1.52. The molecule has 96 valence electrons. The van der Waals surface area contributed by atoms with Crippen LogP contribution in [0.5, 0.6) is 5.75 Å². The number of alkyl halides is 1. The fourth-order valence-corrected chi connectivity index (χ4v) is 1.85. The topological polar surface area (TPSA) is 43.4 Å². The SMILES string of the molecule is O=C(CBr)c1ccc(C(=O)Oc2ccccc2)cc1. The lowest BCUT2D eigenvalue weighted by Crippen LogP contribution is -2.09. The Morgan fingerprint density at radius 1 is 0.895 bits per heavy atom. The van der Waals surface area contributed by atoms with Gasteiger partial charge in [0.05, 0.1) is 10.9 Å². The normalized spacial score (nSPS) is 9.95. The summed E-state index contributed by atoms with van der Waals surface area (Å²) in [5, 5.41) is 0.265. The Hall–Kier alpha value is -1.94. The molecule has 0 amide bonds. The molecule has 0 bridgehead atoms. The Bertz CT molecular complexity index is 576. The molecular formula is C15H11BrO3. The number of ketones is 1. The van der Waals surface area contributed by atoms with Gasteiger partial charge < -0.3 is 4.74 Å². The smallest absolute Gasteiger partial charge is 0.343 e. The van der Waals surface area contributed by atoms with Crippen molar-refractivity contribution in [2.45, 2.75) is 0 Å². The van der Waals surface area contributed by atoms with E-state index >= 15 is 0 Å². The predicted octanol–water partition coefficient (Wildman–Crippen LogP) is 3.48. The lowest BCUT2D eigenvalue weighted by atomic mass is 10.1. The molecule has 0 aliphatic rings. The summed E-state index contributed by atoms with van der Waals surface area (Å²) in [7, 11) is 0. The van der Waals surface area contributed by atoms with Gasteiger partial charge in [0.15, 0.2) is 5.78 Å². The van der Waals surface area contributed by atoms with Crippen molar-refractivity contribution in [1.29, 1.82) is 0 Å². The Labute approximate surface area is 119 Å². The molecule has 3 nitrogen and oxygen atoms in total. The second-order valence-corrected chi connectivity index (χ2v) is 4.40. The van der Waals surface area contributed by atoms with Crippen molar-refractivity contribution in [2.75, 3.05) is 5.33 Å². The highest BCUT2D eigenvalue weighted by Crippen LogP contribution is 2.13. The second-order valence-electron chi connectivity index (χ2n) is 3.84. The van der Waals surface area contributed by atoms with Crippen molar-refractivity contribution in [3.63, 3.8) is 0 Å². The van der Waals surface area contributed by atoms with E-state index in [1.807, 2.05) is 6.07 Å². The molecule has 0 aliphatic heterocycles. The minimum absolute atomic E-state index is 0.0250. The first kappa shape index (κ1) is 13.5. The Kier molecular flexibility index (Phi) is 4.47. The molecule has 0 N–H and O–H groups in total. The molecule has 0 fully saturated rings. The summed E-state index contributed by atoms with van der Waals surface area (Å²) in [6, 6.07) is 15.2. The summed E-state index contributed by atoms with van der Waals surface area (Å²) in [5.74, 6) is 0.0279. The summed E-state index contributed by atoms with van der Waals surface area (Å²) < 4.78 is 5.19. The first-order chi connectivity index (χ1) is 9.20. The van der Waals surface area contributed by atoms with E-state index in [1.54, 1.807) is 48.5 Å². The van der Waals surface area contributed by atoms with Gasteiger partial charge in [-0.1, -0.05) is 46.3 Å². The summed E-state index contributed by atoms with van der Waals surface area (Å²) in [6.45, 7) is 0. The van der Waals surface area contributed by atoms with Gasteiger partial charge in [-0.25, -0.2) is 4.79 Å². The molecule has 0 aliphatic carbocycles. The van der Waals surface area contributed by atoms with E-state index < -0.39 is 5.97 Å². The van der Waals surface area contributed by atoms with E-state index in [0.29, 0.717) is 16.9 Å². The monoisotopic (exact) mass is 318 g/mol. The van der Waals surface area contributed by atoms with Gasteiger partial charge in [0.1, 0.15) is 5.75 Å². The Morgan fingerprint density at radius 3 is 2.05 bits per heavy atom. The first-order valence-corrected chi connectivity index (χ1v) is 6.79. The molecule has 0 saturated carbocycles. The number of benzene rings is 2. The number of carbonyl (C=O) groups is 2. The van der Waals surface area contributed by atoms with Crippen LogP contribution in [0.4, 0.5) is 0 Å². The van der Waals surface area contributed by atoms with E-state index in [2.05, 4.69) is 15.9 Å². The van der Waals surface area contributed by atoms with Gasteiger partial charge in [-0.3, -0.25) is 4.79 Å². The number of hydrogen-bond donors (Lipinski definition) is 0. The highest BCUT2D eigenvalue weighted by Gasteiger charge is 2.10. The average Bonchev–Trinajstić information content (AvgIpc) is 2.47. The standard InChI is InChI=1S/C15H11BrO3/c16-10-14(17)11-6-8-12(9-7-11)15(18)19-13-4-2-1-3-5-13/h1-9H,10H2. The molecule has 0 atom stereocenters. The van der Waals surface area contributed by atoms with Crippen LogP contribution in [0.3, 0.4) is 0 Å². The number of hydrogen-bond acceptors (Lipinski definition) is 3. The molecule has 2 aromatic rings. The minimum atomic E-state index is -0.441. The molecule has 0 radical (unpaired) electrons. The first-order valence-electron chi connectivity index (χ1n) is 5.67. The maximum Gasteiger partial charge on any atom is 0.343 e. The molecule has 2 aromatic carbocycles. The van der Waals surface area contributed by atoms with Gasteiger partial charge in [0.25, 0.3) is 0 Å². The highest BCUT2D eigenvalue weighted by atomic mass is 79.9. The van der Waals surface area contributed by atoms with Crippen LogP contribution in [0.15, 0.2) is 54.6 Å². The number of carbonyl (C=O) groups excluding carboxylic acids is 2. The van der Waals surface area contributed by atoms with E-state index in [9.17, 15) is 9.59 Å². The van der Waals surface area contributed by atoms with E-state index in [4.69, 9.17) is 4.74 Å². The summed E-state index contributed by atoms with van der Waals surface area (Å²) in [4.78, 5) is 23.3. The molecule has 0 spiro atoms. The quantitative estimate of drug-likeness (QED) is 0.375. The number of halogens is 1. The van der Waals surface area contributed by atoms with Gasteiger partial charge >= 0.3 is 5.97 Å². The van der Waals surface area contributed by atoms with Crippen molar-refractivity contribution >= 4 is 27.7 Å². The van der Waals surface area contributed by atoms with Crippen LogP contribution in [0.2, 0.25) is 0 Å². The third kappa shape index (κ3) is 3.51. The molecular weight excluding hydrogens is 308 g/mol. The minimum Gasteiger partial charge on any atom is -0.423 e. The van der Waals surface area contributed by atoms with Gasteiger partial charge in [-0.05, 0) is 24.3 Å². The third-order valence-corrected chi connectivity index (χ3v) is 3.03.